The maximum atomic E-state index is 12.1. The van der Waals surface area contributed by atoms with Gasteiger partial charge in [0.25, 0.3) is 0 Å². The van der Waals surface area contributed by atoms with Gasteiger partial charge in [0.05, 0.1) is 13.0 Å². The number of ether oxygens (including phenoxy) is 1. The Morgan fingerprint density at radius 1 is 1.12 bits per heavy atom. The largest absolute Gasteiger partial charge is 0.464 e. The molecular formula is C19H21NO3Si. The van der Waals surface area contributed by atoms with Crippen LogP contribution in [0.25, 0.3) is 0 Å². The van der Waals surface area contributed by atoms with Gasteiger partial charge < -0.3 is 9.30 Å². The average Bonchev–Trinajstić information content (AvgIpc) is 2.62. The van der Waals surface area contributed by atoms with E-state index in [-0.39, 0.29) is 29.9 Å². The summed E-state index contributed by atoms with van der Waals surface area (Å²) in [6.07, 6.45) is 0.280. The van der Waals surface area contributed by atoms with Crippen LogP contribution in [0.3, 0.4) is 0 Å². The van der Waals surface area contributed by atoms with Crippen LogP contribution in [0.1, 0.15) is 30.0 Å². The number of amides is 1. The van der Waals surface area contributed by atoms with Gasteiger partial charge in [-0.25, -0.2) is 4.79 Å². The number of hydrogen-bond donors (Lipinski definition) is 0. The first-order valence-corrected chi connectivity index (χ1v) is 9.71. The monoisotopic (exact) mass is 339 g/mol. The van der Waals surface area contributed by atoms with Crippen LogP contribution in [0.5, 0.6) is 0 Å². The molecule has 1 aliphatic heterocycles. The Hall–Kier alpha value is -2.40. The molecule has 4 nitrogen and oxygen atoms in total. The SMILES string of the molecule is CCOC(=O)[C@@H]1CC(=O)N1[SiH2]C(c1ccccc1)c1ccccc1. The Kier molecular flexibility index (Phi) is 5.10. The second-order valence-corrected chi connectivity index (χ2v) is 7.76. The van der Waals surface area contributed by atoms with Gasteiger partial charge in [-0.3, -0.25) is 4.79 Å². The summed E-state index contributed by atoms with van der Waals surface area (Å²) < 4.78 is 6.89. The fourth-order valence-electron chi connectivity index (χ4n) is 3.10. The van der Waals surface area contributed by atoms with Crippen molar-refractivity contribution in [2.45, 2.75) is 24.9 Å². The predicted octanol–water partition coefficient (Wildman–Crippen LogP) is 2.02. The highest BCUT2D eigenvalue weighted by Crippen LogP contribution is 2.29. The molecule has 0 N–H and O–H groups in total. The van der Waals surface area contributed by atoms with Gasteiger partial charge in [-0.2, -0.15) is 0 Å². The zero-order valence-corrected chi connectivity index (χ0v) is 15.1. The Bertz CT molecular complexity index is 666. The van der Waals surface area contributed by atoms with Crippen LogP contribution in [0.15, 0.2) is 60.7 Å². The summed E-state index contributed by atoms with van der Waals surface area (Å²) in [5.41, 5.74) is 2.56. The summed E-state index contributed by atoms with van der Waals surface area (Å²) in [4.78, 5) is 24.1. The normalized spacial score (nSPS) is 17.3. The van der Waals surface area contributed by atoms with Gasteiger partial charge in [-0.05, 0) is 18.1 Å². The number of esters is 1. The first-order valence-electron chi connectivity index (χ1n) is 8.26. The zero-order chi connectivity index (χ0) is 16.9. The van der Waals surface area contributed by atoms with Crippen molar-refractivity contribution in [3.63, 3.8) is 0 Å². The summed E-state index contributed by atoms with van der Waals surface area (Å²) in [6, 6.07) is 20.0. The fraction of sp³-hybridized carbons (Fsp3) is 0.263. The van der Waals surface area contributed by atoms with Gasteiger partial charge in [-0.15, -0.1) is 0 Å². The predicted molar refractivity (Wildman–Crippen MR) is 95.2 cm³/mol. The van der Waals surface area contributed by atoms with Gasteiger partial charge >= 0.3 is 5.97 Å². The van der Waals surface area contributed by atoms with E-state index in [1.165, 1.54) is 11.1 Å². The van der Waals surface area contributed by atoms with Crippen molar-refractivity contribution in [3.05, 3.63) is 71.8 Å². The number of carbonyl (C=O) groups excluding carboxylic acids is 2. The average molecular weight is 339 g/mol. The van der Waals surface area contributed by atoms with E-state index < -0.39 is 9.68 Å². The van der Waals surface area contributed by atoms with Gasteiger partial charge in [0.1, 0.15) is 15.7 Å². The van der Waals surface area contributed by atoms with Gasteiger partial charge in [0.2, 0.25) is 5.91 Å². The van der Waals surface area contributed by atoms with Gasteiger partial charge in [0, 0.05) is 5.54 Å². The molecule has 1 saturated heterocycles. The highest BCUT2D eigenvalue weighted by molar-refractivity contribution is 6.42. The lowest BCUT2D eigenvalue weighted by Crippen LogP contribution is -2.59. The van der Waals surface area contributed by atoms with Gasteiger partial charge in [0.15, 0.2) is 0 Å². The Morgan fingerprint density at radius 3 is 2.12 bits per heavy atom. The standard InChI is InChI=1S/C19H21NO3Si/c1-2-23-19(22)16-13-17(21)20(16)24-18(14-9-5-3-6-10-14)15-11-7-4-8-12-15/h3-12,16,18H,2,13,24H2,1H3/t16-/m0/s1. The van der Waals surface area contributed by atoms with E-state index in [2.05, 4.69) is 24.3 Å². The molecule has 0 aromatic heterocycles. The van der Waals surface area contributed by atoms with Gasteiger partial charge in [-0.1, -0.05) is 60.7 Å². The van der Waals surface area contributed by atoms with Crippen molar-refractivity contribution in [2.75, 3.05) is 6.61 Å². The molecule has 2 aromatic rings. The van der Waals surface area contributed by atoms with Crippen molar-refractivity contribution in [2.24, 2.45) is 0 Å². The lowest BCUT2D eigenvalue weighted by Gasteiger charge is -2.41. The topological polar surface area (TPSA) is 46.6 Å². The third-order valence-corrected chi connectivity index (χ3v) is 6.90. The smallest absolute Gasteiger partial charge is 0.328 e. The molecule has 0 bridgehead atoms. The van der Waals surface area contributed by atoms with E-state index in [4.69, 9.17) is 4.74 Å². The highest BCUT2D eigenvalue weighted by atomic mass is 28.2. The molecule has 24 heavy (non-hydrogen) atoms. The fourth-order valence-corrected chi connectivity index (χ4v) is 5.33. The molecule has 3 rings (SSSR count). The van der Waals surface area contributed by atoms with E-state index in [1.807, 2.05) is 36.4 Å². The Morgan fingerprint density at radius 2 is 1.67 bits per heavy atom. The molecule has 2 aromatic carbocycles. The molecule has 0 saturated carbocycles. The first kappa shape index (κ1) is 16.5. The van der Waals surface area contributed by atoms with Crippen LogP contribution >= 0.6 is 0 Å². The molecule has 0 radical (unpaired) electrons. The lowest BCUT2D eigenvalue weighted by molar-refractivity contribution is -0.159. The Labute approximate surface area is 144 Å². The molecule has 1 heterocycles. The number of nitrogens with zero attached hydrogens (tertiary/aromatic N) is 1. The van der Waals surface area contributed by atoms with Crippen molar-refractivity contribution in [3.8, 4) is 0 Å². The van der Waals surface area contributed by atoms with Crippen molar-refractivity contribution in [1.82, 2.24) is 4.57 Å². The summed E-state index contributed by atoms with van der Waals surface area (Å²) in [5.74, 6) is -0.207. The first-order chi connectivity index (χ1) is 11.7. The second-order valence-electron chi connectivity index (χ2n) is 5.89. The summed E-state index contributed by atoms with van der Waals surface area (Å²) >= 11 is 0. The second kappa shape index (κ2) is 7.44. The highest BCUT2D eigenvalue weighted by Gasteiger charge is 2.43. The number of carbonyl (C=O) groups is 2. The quantitative estimate of drug-likeness (QED) is 0.460. The zero-order valence-electron chi connectivity index (χ0n) is 13.7. The van der Waals surface area contributed by atoms with Crippen LogP contribution in [-0.2, 0) is 14.3 Å². The van der Waals surface area contributed by atoms with E-state index >= 15 is 0 Å². The minimum absolute atomic E-state index is 0.0663. The maximum Gasteiger partial charge on any atom is 0.328 e. The minimum Gasteiger partial charge on any atom is -0.464 e. The van der Waals surface area contributed by atoms with Crippen LogP contribution in [0.2, 0.25) is 0 Å². The van der Waals surface area contributed by atoms with Crippen molar-refractivity contribution < 1.29 is 14.3 Å². The van der Waals surface area contributed by atoms with E-state index in [0.29, 0.717) is 6.61 Å². The van der Waals surface area contributed by atoms with Crippen LogP contribution in [0.4, 0.5) is 0 Å². The number of β-lactam (4-membered cyclic amide) rings is 1. The number of hydrogen-bond acceptors (Lipinski definition) is 3. The molecule has 5 heteroatoms. The molecule has 1 fully saturated rings. The molecule has 1 amide bonds. The third-order valence-electron chi connectivity index (χ3n) is 4.41. The lowest BCUT2D eigenvalue weighted by atomic mass is 10.0. The molecule has 1 atom stereocenters. The molecular weight excluding hydrogens is 318 g/mol. The maximum absolute atomic E-state index is 12.1. The number of benzene rings is 2. The summed E-state index contributed by atoms with van der Waals surface area (Å²) in [6.45, 7) is 2.14. The summed E-state index contributed by atoms with van der Waals surface area (Å²) in [5, 5.41) is 0. The Balaban J connectivity index is 1.84. The van der Waals surface area contributed by atoms with E-state index in [1.54, 1.807) is 11.5 Å². The van der Waals surface area contributed by atoms with Crippen molar-refractivity contribution >= 4 is 21.6 Å². The van der Waals surface area contributed by atoms with Crippen LogP contribution < -0.4 is 0 Å². The third kappa shape index (κ3) is 3.41. The molecule has 1 aliphatic rings. The summed E-state index contributed by atoms with van der Waals surface area (Å²) in [7, 11) is -1.03. The van der Waals surface area contributed by atoms with E-state index in [9.17, 15) is 9.59 Å². The molecule has 0 spiro atoms. The molecule has 0 aliphatic carbocycles. The van der Waals surface area contributed by atoms with Crippen LogP contribution in [-0.4, -0.2) is 38.8 Å². The molecule has 0 unspecified atom stereocenters. The van der Waals surface area contributed by atoms with E-state index in [0.717, 1.165) is 0 Å². The molecule has 124 valence electrons. The minimum atomic E-state index is -1.03. The van der Waals surface area contributed by atoms with Crippen LogP contribution in [0, 0.1) is 0 Å². The number of rotatable bonds is 6. The van der Waals surface area contributed by atoms with Crippen molar-refractivity contribution in [1.29, 1.82) is 0 Å².